The number of rotatable bonds is 5. The van der Waals surface area contributed by atoms with Crippen LogP contribution in [0.3, 0.4) is 0 Å². The Morgan fingerprint density at radius 3 is 2.71 bits per heavy atom. The third kappa shape index (κ3) is 2.35. The van der Waals surface area contributed by atoms with E-state index in [2.05, 4.69) is 6.58 Å². The molecule has 1 aromatic heterocycles. The summed E-state index contributed by atoms with van der Waals surface area (Å²) in [6.45, 7) is 7.52. The van der Waals surface area contributed by atoms with Crippen molar-refractivity contribution in [3.05, 3.63) is 35.0 Å². The van der Waals surface area contributed by atoms with Crippen molar-refractivity contribution >= 4 is 0 Å². The number of hydrogen-bond donors (Lipinski definition) is 1. The van der Waals surface area contributed by atoms with Gasteiger partial charge in [0.25, 0.3) is 0 Å². The third-order valence-corrected chi connectivity index (χ3v) is 2.07. The fourth-order valence-corrected chi connectivity index (χ4v) is 1.29. The van der Waals surface area contributed by atoms with Crippen LogP contribution in [0.25, 0.3) is 0 Å². The van der Waals surface area contributed by atoms with Gasteiger partial charge in [-0.05, 0) is 12.0 Å². The number of aryl methyl sites for hydroxylation is 1. The van der Waals surface area contributed by atoms with Crippen LogP contribution < -0.4 is 11.4 Å². The van der Waals surface area contributed by atoms with Crippen LogP contribution in [0.2, 0.25) is 0 Å². The third-order valence-electron chi connectivity index (χ3n) is 2.07. The van der Waals surface area contributed by atoms with Crippen molar-refractivity contribution in [2.24, 2.45) is 5.73 Å². The lowest BCUT2D eigenvalue weighted by atomic mass is 10.3. The standard InChI is InChI=1S/C10H17N3O/c1-3-4-12-5-6-13(10(12)14)8-9(2)7-11/h5-6H,2-4,7-8,11H2,1H3. The Morgan fingerprint density at radius 2 is 2.14 bits per heavy atom. The molecule has 4 nitrogen and oxygen atoms in total. The summed E-state index contributed by atoms with van der Waals surface area (Å²) in [7, 11) is 0. The fraction of sp³-hybridized carbons (Fsp3) is 0.500. The molecule has 0 amide bonds. The second kappa shape index (κ2) is 4.81. The largest absolute Gasteiger partial charge is 0.328 e. The molecule has 0 aliphatic heterocycles. The highest BCUT2D eigenvalue weighted by Crippen LogP contribution is 1.93. The maximum absolute atomic E-state index is 11.7. The molecule has 0 spiro atoms. The van der Waals surface area contributed by atoms with Crippen LogP contribution in [-0.4, -0.2) is 15.7 Å². The van der Waals surface area contributed by atoms with Crippen LogP contribution in [0.15, 0.2) is 29.3 Å². The molecule has 0 fully saturated rings. The van der Waals surface area contributed by atoms with Crippen LogP contribution in [0.1, 0.15) is 13.3 Å². The molecule has 0 saturated heterocycles. The molecule has 2 N–H and O–H groups in total. The lowest BCUT2D eigenvalue weighted by Crippen LogP contribution is -2.25. The van der Waals surface area contributed by atoms with Gasteiger partial charge in [-0.25, -0.2) is 4.79 Å². The van der Waals surface area contributed by atoms with Gasteiger partial charge in [0.2, 0.25) is 0 Å². The van der Waals surface area contributed by atoms with Crippen LogP contribution in [0, 0.1) is 0 Å². The van der Waals surface area contributed by atoms with Crippen molar-refractivity contribution in [1.29, 1.82) is 0 Å². The number of nitrogens with zero attached hydrogens (tertiary/aromatic N) is 2. The lowest BCUT2D eigenvalue weighted by molar-refractivity contribution is 0.620. The molecule has 0 unspecified atom stereocenters. The molecule has 0 aliphatic rings. The summed E-state index contributed by atoms with van der Waals surface area (Å²) in [6.07, 6.45) is 4.54. The summed E-state index contributed by atoms with van der Waals surface area (Å²) in [5.74, 6) is 0. The quantitative estimate of drug-likeness (QED) is 0.698. The minimum absolute atomic E-state index is 0.0152. The summed E-state index contributed by atoms with van der Waals surface area (Å²) in [5, 5.41) is 0. The van der Waals surface area contributed by atoms with Gasteiger partial charge in [-0.15, -0.1) is 0 Å². The average molecular weight is 195 g/mol. The van der Waals surface area contributed by atoms with Crippen molar-refractivity contribution in [2.75, 3.05) is 6.54 Å². The van der Waals surface area contributed by atoms with Crippen LogP contribution in [-0.2, 0) is 13.1 Å². The molecule has 1 rings (SSSR count). The first-order chi connectivity index (χ1) is 6.69. The first kappa shape index (κ1) is 10.8. The van der Waals surface area contributed by atoms with E-state index in [9.17, 15) is 4.79 Å². The molecular weight excluding hydrogens is 178 g/mol. The maximum Gasteiger partial charge on any atom is 0.328 e. The first-order valence-electron chi connectivity index (χ1n) is 4.81. The minimum atomic E-state index is 0.0152. The van der Waals surface area contributed by atoms with E-state index < -0.39 is 0 Å². The predicted molar refractivity (Wildman–Crippen MR) is 57.2 cm³/mol. The monoisotopic (exact) mass is 195 g/mol. The molecule has 4 heteroatoms. The van der Waals surface area contributed by atoms with E-state index in [0.717, 1.165) is 18.5 Å². The molecule has 1 heterocycles. The summed E-state index contributed by atoms with van der Waals surface area (Å²) >= 11 is 0. The molecule has 0 aliphatic carbocycles. The van der Waals surface area contributed by atoms with E-state index in [1.807, 2.05) is 6.92 Å². The molecule has 0 saturated carbocycles. The molecule has 1 aromatic rings. The van der Waals surface area contributed by atoms with Crippen molar-refractivity contribution in [1.82, 2.24) is 9.13 Å². The van der Waals surface area contributed by atoms with Gasteiger partial charge in [-0.1, -0.05) is 13.5 Å². The van der Waals surface area contributed by atoms with Crippen molar-refractivity contribution < 1.29 is 0 Å². The number of nitrogens with two attached hydrogens (primary N) is 1. The first-order valence-corrected chi connectivity index (χ1v) is 4.81. The second-order valence-electron chi connectivity index (χ2n) is 3.36. The number of aromatic nitrogens is 2. The van der Waals surface area contributed by atoms with Crippen LogP contribution in [0.4, 0.5) is 0 Å². The van der Waals surface area contributed by atoms with Gasteiger partial charge in [0.1, 0.15) is 0 Å². The van der Waals surface area contributed by atoms with Crippen molar-refractivity contribution in [3.63, 3.8) is 0 Å². The highest BCUT2D eigenvalue weighted by molar-refractivity contribution is 4.97. The van der Waals surface area contributed by atoms with Gasteiger partial charge in [0.05, 0.1) is 0 Å². The molecule has 0 bridgehead atoms. The van der Waals surface area contributed by atoms with Gasteiger partial charge in [-0.2, -0.15) is 0 Å². The Labute approximate surface area is 83.6 Å². The Kier molecular flexibility index (Phi) is 3.71. The molecule has 0 atom stereocenters. The van der Waals surface area contributed by atoms with Gasteiger partial charge >= 0.3 is 5.69 Å². The molecule has 78 valence electrons. The summed E-state index contributed by atoms with van der Waals surface area (Å²) in [4.78, 5) is 11.7. The van der Waals surface area contributed by atoms with E-state index in [1.165, 1.54) is 0 Å². The normalized spacial score (nSPS) is 10.4. The summed E-state index contributed by atoms with van der Waals surface area (Å²) < 4.78 is 3.33. The van der Waals surface area contributed by atoms with E-state index in [-0.39, 0.29) is 5.69 Å². The van der Waals surface area contributed by atoms with E-state index >= 15 is 0 Å². The van der Waals surface area contributed by atoms with Gasteiger partial charge in [-0.3, -0.25) is 9.13 Å². The van der Waals surface area contributed by atoms with E-state index in [1.54, 1.807) is 21.5 Å². The molecule has 14 heavy (non-hydrogen) atoms. The molecular formula is C10H17N3O. The van der Waals surface area contributed by atoms with Crippen molar-refractivity contribution in [3.8, 4) is 0 Å². The van der Waals surface area contributed by atoms with Gasteiger partial charge < -0.3 is 5.73 Å². The van der Waals surface area contributed by atoms with Crippen molar-refractivity contribution in [2.45, 2.75) is 26.4 Å². The Bertz CT molecular complexity index is 362. The summed E-state index contributed by atoms with van der Waals surface area (Å²) in [6, 6.07) is 0. The van der Waals surface area contributed by atoms with E-state index in [0.29, 0.717) is 13.1 Å². The topological polar surface area (TPSA) is 52.9 Å². The Morgan fingerprint density at radius 1 is 1.50 bits per heavy atom. The zero-order valence-electron chi connectivity index (χ0n) is 8.57. The van der Waals surface area contributed by atoms with Crippen LogP contribution >= 0.6 is 0 Å². The fourth-order valence-electron chi connectivity index (χ4n) is 1.29. The zero-order chi connectivity index (χ0) is 10.6. The number of hydrogen-bond acceptors (Lipinski definition) is 2. The van der Waals surface area contributed by atoms with Gasteiger partial charge in [0, 0.05) is 32.0 Å². The Hall–Kier alpha value is -1.29. The lowest BCUT2D eigenvalue weighted by Gasteiger charge is -2.02. The highest BCUT2D eigenvalue weighted by Gasteiger charge is 2.02. The number of imidazole rings is 1. The SMILES string of the molecule is C=C(CN)Cn1ccn(CCC)c1=O. The average Bonchev–Trinajstić information content (AvgIpc) is 2.50. The zero-order valence-corrected chi connectivity index (χ0v) is 8.57. The smallest absolute Gasteiger partial charge is 0.327 e. The van der Waals surface area contributed by atoms with Gasteiger partial charge in [0.15, 0.2) is 0 Å². The predicted octanol–water partition coefficient (Wildman–Crippen LogP) is 0.575. The minimum Gasteiger partial charge on any atom is -0.327 e. The molecule has 0 radical (unpaired) electrons. The summed E-state index contributed by atoms with van der Waals surface area (Å²) in [5.41, 5.74) is 6.29. The highest BCUT2D eigenvalue weighted by atomic mass is 16.1. The Balaban J connectivity index is 2.79. The second-order valence-corrected chi connectivity index (χ2v) is 3.36. The van der Waals surface area contributed by atoms with E-state index in [4.69, 9.17) is 5.73 Å². The maximum atomic E-state index is 11.7. The van der Waals surface area contributed by atoms with Crippen LogP contribution in [0.5, 0.6) is 0 Å². The molecule has 0 aromatic carbocycles.